The van der Waals surface area contributed by atoms with Crippen molar-refractivity contribution in [2.45, 2.75) is 148 Å². The summed E-state index contributed by atoms with van der Waals surface area (Å²) in [4.78, 5) is 100.0. The number of hydrogen-bond acceptors (Lipinski definition) is 20. The number of fused-ring (bicyclic) bond motifs is 6. The molecular formula is C76H92ClN15O7S3. The van der Waals surface area contributed by atoms with Crippen molar-refractivity contribution in [3.8, 4) is 0 Å². The number of ether oxygens (including phenoxy) is 2. The minimum absolute atomic E-state index is 0.0949. The number of carbonyl (C=O) groups excluding carboxylic acids is 5. The van der Waals surface area contributed by atoms with Crippen molar-refractivity contribution < 1.29 is 33.4 Å². The van der Waals surface area contributed by atoms with E-state index in [1.807, 2.05) is 73.7 Å². The summed E-state index contributed by atoms with van der Waals surface area (Å²) >= 11 is 11.2. The number of carbonyl (C=O) groups is 5. The van der Waals surface area contributed by atoms with E-state index in [-0.39, 0.29) is 23.8 Å². The summed E-state index contributed by atoms with van der Waals surface area (Å²) in [6.45, 7) is 18.1. The SMILES string of the molecule is CC(C)(C)OC(=O)Nc1cc(N2CCN3C(=O)[C@@H](CCCc4cccc5ncsc45)C[C@H]3C2)ccn1.CC(C)(C)OC(N)=O.Nc1cc(N2CCN3C(=O)[C@@H](CCCc4cccc5ncsc45)C[C@H]3C2)ccn1.O=C1[C@@H](CCCc2cccc3ncsc23)C[C@H]2CN(c3ccnc(Cl)c3)CCN12. The first-order valence-electron chi connectivity index (χ1n) is 35.4. The fourth-order valence-corrected chi connectivity index (χ4v) is 17.8. The molecule has 6 saturated heterocycles. The second-order valence-corrected chi connectivity index (χ2v) is 32.0. The van der Waals surface area contributed by atoms with E-state index in [0.29, 0.717) is 46.6 Å². The van der Waals surface area contributed by atoms with Gasteiger partial charge in [-0.1, -0.05) is 48.0 Å². The van der Waals surface area contributed by atoms with Crippen molar-refractivity contribution >= 4 is 135 Å². The molecule has 0 saturated carbocycles. The minimum Gasteiger partial charge on any atom is -0.444 e. The normalized spacial score (nSPS) is 20.3. The molecule has 6 aliphatic rings. The van der Waals surface area contributed by atoms with Gasteiger partial charge in [-0.25, -0.2) is 39.5 Å². The van der Waals surface area contributed by atoms with Gasteiger partial charge in [0.2, 0.25) is 17.7 Å². The van der Waals surface area contributed by atoms with Crippen molar-refractivity contribution in [2.75, 3.05) is 84.7 Å². The number of piperazine rings is 3. The Bertz CT molecular complexity index is 4240. The molecule has 5 amide bonds. The van der Waals surface area contributed by atoms with Crippen molar-refractivity contribution in [1.29, 1.82) is 0 Å². The number of halogens is 1. The predicted octanol–water partition coefficient (Wildman–Crippen LogP) is 13.7. The smallest absolute Gasteiger partial charge is 0.413 e. The molecule has 22 nitrogen and oxygen atoms in total. The van der Waals surface area contributed by atoms with Crippen LogP contribution in [-0.4, -0.2) is 163 Å². The number of aryl methyl sites for hydroxylation is 3. The molecule has 6 aliphatic heterocycles. The lowest BCUT2D eigenvalue weighted by Crippen LogP contribution is -2.51. The van der Waals surface area contributed by atoms with Gasteiger partial charge in [0.25, 0.3) is 0 Å². The van der Waals surface area contributed by atoms with E-state index in [0.717, 1.165) is 170 Å². The molecular weight excluding hydrogens is 1370 g/mol. The quantitative estimate of drug-likeness (QED) is 0.0759. The molecule has 0 spiro atoms. The van der Waals surface area contributed by atoms with Gasteiger partial charge in [-0.2, -0.15) is 0 Å². The molecule has 0 unspecified atom stereocenters. The molecule has 5 N–H and O–H groups in total. The van der Waals surface area contributed by atoms with Crippen LogP contribution >= 0.6 is 45.6 Å². The van der Waals surface area contributed by atoms with Crippen LogP contribution in [0.1, 0.15) is 116 Å². The highest BCUT2D eigenvalue weighted by molar-refractivity contribution is 7.17. The fourth-order valence-electron chi connectivity index (χ4n) is 15.1. The largest absolute Gasteiger partial charge is 0.444 e. The predicted molar refractivity (Wildman–Crippen MR) is 408 cm³/mol. The van der Waals surface area contributed by atoms with Gasteiger partial charge in [0.05, 0.1) is 65.3 Å². The second kappa shape index (κ2) is 32.7. The summed E-state index contributed by atoms with van der Waals surface area (Å²) in [5, 5.41) is 3.23. The number of nitrogens with one attached hydrogen (secondary N) is 1. The Morgan fingerprint density at radius 2 is 0.892 bits per heavy atom. The van der Waals surface area contributed by atoms with Gasteiger partial charge >= 0.3 is 12.2 Å². The van der Waals surface area contributed by atoms with Crippen LogP contribution < -0.4 is 31.5 Å². The third-order valence-electron chi connectivity index (χ3n) is 19.7. The lowest BCUT2D eigenvalue weighted by atomic mass is 9.96. The lowest BCUT2D eigenvalue weighted by Gasteiger charge is -2.38. The lowest BCUT2D eigenvalue weighted by molar-refractivity contribution is -0.133. The van der Waals surface area contributed by atoms with Gasteiger partial charge in [-0.15, -0.1) is 34.0 Å². The van der Waals surface area contributed by atoms with Gasteiger partial charge in [0, 0.05) is 124 Å². The van der Waals surface area contributed by atoms with Crippen LogP contribution in [0.4, 0.5) is 38.3 Å². The number of nitrogen functional groups attached to an aromatic ring is 1. The number of anilines is 5. The second-order valence-electron chi connectivity index (χ2n) is 29.1. The van der Waals surface area contributed by atoms with Gasteiger partial charge in [0.1, 0.15) is 28.0 Å². The number of primary amides is 1. The summed E-state index contributed by atoms with van der Waals surface area (Å²) in [5.74, 6) is 2.40. The van der Waals surface area contributed by atoms with Crippen LogP contribution in [0, 0.1) is 17.8 Å². The number of pyridine rings is 3. The minimum atomic E-state index is -0.725. The Hall–Kier alpha value is -8.78. The standard InChI is InChI=1S/C27H33N5O3S.C22H23ClN4OS.C22H25N5OS.C5H11NO2/c1-27(2,3)35-26(34)30-23-15-20(10-11-28-23)31-12-13-32-21(16-31)14-19(25(32)33)8-4-6-18-7-5-9-22-24(18)36-17-29-22;2*23-20-12-17(7-8-24-20)26-9-10-27-18(13-26)11-16(22(27)28)5-1-3-15-4-2-6-19-21(15)29-14-25-19;1-5(2,3)8-4(6)7/h5,7,9-11,15,17,19,21H,4,6,8,12-14,16H2,1-3H3,(H,28,30,34);2,4,6-8,12,14,16,18H,1,3,5,9-11,13H2;2,4,6-8,12,14,16,18H,1,3,5,9-11,13H2,(H2,23,24);1-3H3,(H2,6,7)/t19-,21-;2*16-,18-;/m000./s1. The maximum Gasteiger partial charge on any atom is 0.413 e. The average molecular weight is 1460 g/mol. The van der Waals surface area contributed by atoms with Crippen molar-refractivity contribution in [3.05, 3.63) is 148 Å². The van der Waals surface area contributed by atoms with E-state index in [1.54, 1.807) is 73.4 Å². The molecule has 102 heavy (non-hydrogen) atoms. The molecule has 26 heteroatoms. The molecule has 0 aliphatic carbocycles. The van der Waals surface area contributed by atoms with Gasteiger partial charge in [-0.05, 0) is 178 Å². The zero-order valence-electron chi connectivity index (χ0n) is 58.9. The van der Waals surface area contributed by atoms with E-state index >= 15 is 0 Å². The number of aromatic nitrogens is 6. The molecule has 6 aromatic heterocycles. The highest BCUT2D eigenvalue weighted by atomic mass is 35.5. The van der Waals surface area contributed by atoms with Gasteiger partial charge < -0.3 is 50.3 Å². The topological polar surface area (TPSA) is 265 Å². The Kier molecular flexibility index (Phi) is 23.4. The Morgan fingerprint density at radius 3 is 1.26 bits per heavy atom. The maximum absolute atomic E-state index is 13.1. The van der Waals surface area contributed by atoms with Crippen LogP contribution in [0.5, 0.6) is 0 Å². The number of hydrogen-bond donors (Lipinski definition) is 3. The number of nitrogens with zero attached hydrogens (tertiary/aromatic N) is 12. The molecule has 9 aromatic rings. The van der Waals surface area contributed by atoms with E-state index in [1.165, 1.54) is 30.8 Å². The fraction of sp³-hybridized carbons (Fsp3) is 0.461. The monoisotopic (exact) mass is 1460 g/mol. The molecule has 6 fully saturated rings. The first kappa shape index (κ1) is 73.0. The molecule has 0 radical (unpaired) electrons. The van der Waals surface area contributed by atoms with E-state index in [2.05, 4.69) is 124 Å². The van der Waals surface area contributed by atoms with Crippen LogP contribution in [0.25, 0.3) is 30.6 Å². The summed E-state index contributed by atoms with van der Waals surface area (Å²) in [5.41, 5.74) is 25.7. The number of amides is 5. The van der Waals surface area contributed by atoms with E-state index in [4.69, 9.17) is 27.8 Å². The summed E-state index contributed by atoms with van der Waals surface area (Å²) < 4.78 is 13.7. The van der Waals surface area contributed by atoms with E-state index in [9.17, 15) is 24.0 Å². The van der Waals surface area contributed by atoms with Crippen molar-refractivity contribution in [1.82, 2.24) is 44.6 Å². The summed E-state index contributed by atoms with van der Waals surface area (Å²) in [6, 6.07) is 31.5. The molecule has 6 atom stereocenters. The Balaban J connectivity index is 0.000000138. The third kappa shape index (κ3) is 18.5. The van der Waals surface area contributed by atoms with E-state index < -0.39 is 23.4 Å². The third-order valence-corrected chi connectivity index (χ3v) is 22.6. The zero-order valence-corrected chi connectivity index (χ0v) is 62.1. The molecule has 15 rings (SSSR count). The van der Waals surface area contributed by atoms with Crippen molar-refractivity contribution in [3.63, 3.8) is 0 Å². The molecule has 12 heterocycles. The number of nitrogens with two attached hydrogens (primary N) is 2. The Morgan fingerprint density at radius 1 is 0.510 bits per heavy atom. The summed E-state index contributed by atoms with van der Waals surface area (Å²) in [6.07, 6.45) is 15.7. The van der Waals surface area contributed by atoms with Crippen LogP contribution in [0.3, 0.4) is 0 Å². The average Bonchev–Trinajstić information content (AvgIpc) is 1.65. The number of benzene rings is 3. The number of rotatable bonds is 16. The molecule has 538 valence electrons. The first-order valence-corrected chi connectivity index (χ1v) is 38.4. The van der Waals surface area contributed by atoms with Crippen molar-refractivity contribution in [2.24, 2.45) is 23.5 Å². The zero-order chi connectivity index (χ0) is 71.7. The van der Waals surface area contributed by atoms with Crippen LogP contribution in [0.2, 0.25) is 5.15 Å². The first-order chi connectivity index (χ1) is 49.1. The van der Waals surface area contributed by atoms with Crippen LogP contribution in [-0.2, 0) is 43.1 Å². The highest BCUT2D eigenvalue weighted by Gasteiger charge is 2.45. The molecule has 3 aromatic carbocycles. The maximum atomic E-state index is 13.1. The van der Waals surface area contributed by atoms with Crippen LogP contribution in [0.15, 0.2) is 126 Å². The van der Waals surface area contributed by atoms with Gasteiger partial charge in [0.15, 0.2) is 0 Å². The summed E-state index contributed by atoms with van der Waals surface area (Å²) in [7, 11) is 0. The van der Waals surface area contributed by atoms with Gasteiger partial charge in [-0.3, -0.25) is 19.7 Å². The molecule has 0 bridgehead atoms. The number of thiazole rings is 3. The highest BCUT2D eigenvalue weighted by Crippen LogP contribution is 2.38. The Labute approximate surface area is 613 Å².